The standard InChI is InChI=1S/C15H16N2S/c18-9-7-15-16-8-6-14(17-15)13-5-4-11-2-1-3-12(11)10-13/h4-6,8,10,18H,1-3,7,9H2. The molecule has 0 atom stereocenters. The van der Waals surface area contributed by atoms with Crippen molar-refractivity contribution in [2.24, 2.45) is 0 Å². The number of nitrogens with zero attached hydrogens (tertiary/aromatic N) is 2. The Labute approximate surface area is 113 Å². The zero-order valence-corrected chi connectivity index (χ0v) is 11.2. The summed E-state index contributed by atoms with van der Waals surface area (Å²) in [5.74, 6) is 1.66. The molecule has 2 nitrogen and oxygen atoms in total. The predicted octanol–water partition coefficient (Wildman–Crippen LogP) is 3.10. The Morgan fingerprint density at radius 3 is 2.89 bits per heavy atom. The van der Waals surface area contributed by atoms with Gasteiger partial charge in [0.2, 0.25) is 0 Å². The quantitative estimate of drug-likeness (QED) is 0.854. The molecule has 0 N–H and O–H groups in total. The van der Waals surface area contributed by atoms with Gasteiger partial charge in [0.1, 0.15) is 5.82 Å². The molecule has 0 unspecified atom stereocenters. The predicted molar refractivity (Wildman–Crippen MR) is 77.1 cm³/mol. The first-order chi connectivity index (χ1) is 8.86. The summed E-state index contributed by atoms with van der Waals surface area (Å²) >= 11 is 4.23. The second-order valence-electron chi connectivity index (χ2n) is 4.67. The fourth-order valence-corrected chi connectivity index (χ4v) is 2.71. The van der Waals surface area contributed by atoms with Crippen molar-refractivity contribution in [3.63, 3.8) is 0 Å². The maximum absolute atomic E-state index is 4.60. The fraction of sp³-hybridized carbons (Fsp3) is 0.333. The lowest BCUT2D eigenvalue weighted by atomic mass is 10.0. The third kappa shape index (κ3) is 2.27. The number of benzene rings is 1. The van der Waals surface area contributed by atoms with Gasteiger partial charge in [-0.25, -0.2) is 9.97 Å². The maximum atomic E-state index is 4.60. The first kappa shape index (κ1) is 11.7. The van der Waals surface area contributed by atoms with E-state index in [2.05, 4.69) is 40.8 Å². The van der Waals surface area contributed by atoms with Crippen LogP contribution in [0.3, 0.4) is 0 Å². The van der Waals surface area contributed by atoms with Gasteiger partial charge in [0.05, 0.1) is 5.69 Å². The summed E-state index contributed by atoms with van der Waals surface area (Å²) in [6.07, 6.45) is 6.38. The van der Waals surface area contributed by atoms with E-state index in [1.165, 1.54) is 36.0 Å². The number of aromatic nitrogens is 2. The van der Waals surface area contributed by atoms with Gasteiger partial charge in [-0.3, -0.25) is 0 Å². The van der Waals surface area contributed by atoms with E-state index in [1.807, 2.05) is 12.3 Å². The van der Waals surface area contributed by atoms with Crippen molar-refractivity contribution in [3.05, 3.63) is 47.4 Å². The molecule has 0 fully saturated rings. The Balaban J connectivity index is 1.96. The van der Waals surface area contributed by atoms with Crippen LogP contribution in [0.15, 0.2) is 30.5 Å². The van der Waals surface area contributed by atoms with Crippen LogP contribution < -0.4 is 0 Å². The fourth-order valence-electron chi connectivity index (χ4n) is 2.51. The van der Waals surface area contributed by atoms with Gasteiger partial charge in [0.15, 0.2) is 0 Å². The molecule has 18 heavy (non-hydrogen) atoms. The molecule has 3 rings (SSSR count). The number of aryl methyl sites for hydroxylation is 3. The summed E-state index contributed by atoms with van der Waals surface area (Å²) in [4.78, 5) is 8.87. The molecule has 1 aromatic heterocycles. The van der Waals surface area contributed by atoms with E-state index in [4.69, 9.17) is 0 Å². The Bertz CT molecular complexity index is 566. The zero-order chi connectivity index (χ0) is 12.4. The normalized spacial score (nSPS) is 13.6. The van der Waals surface area contributed by atoms with Gasteiger partial charge in [0.25, 0.3) is 0 Å². The molecule has 1 aliphatic rings. The van der Waals surface area contributed by atoms with Crippen molar-refractivity contribution in [3.8, 4) is 11.3 Å². The minimum absolute atomic E-state index is 0.785. The van der Waals surface area contributed by atoms with Crippen molar-refractivity contribution < 1.29 is 0 Å². The molecular weight excluding hydrogens is 240 g/mol. The average molecular weight is 256 g/mol. The highest BCUT2D eigenvalue weighted by atomic mass is 32.1. The van der Waals surface area contributed by atoms with Crippen molar-refractivity contribution in [1.29, 1.82) is 0 Å². The summed E-state index contributed by atoms with van der Waals surface area (Å²) in [5.41, 5.74) is 5.22. The van der Waals surface area contributed by atoms with Crippen molar-refractivity contribution >= 4 is 12.6 Å². The monoisotopic (exact) mass is 256 g/mol. The number of hydrogen-bond donors (Lipinski definition) is 1. The number of rotatable bonds is 3. The molecule has 0 saturated carbocycles. The molecule has 0 amide bonds. The third-order valence-electron chi connectivity index (χ3n) is 3.44. The maximum Gasteiger partial charge on any atom is 0.129 e. The van der Waals surface area contributed by atoms with E-state index in [9.17, 15) is 0 Å². The molecule has 2 aromatic rings. The van der Waals surface area contributed by atoms with E-state index >= 15 is 0 Å². The van der Waals surface area contributed by atoms with Crippen LogP contribution in [0.5, 0.6) is 0 Å². The highest BCUT2D eigenvalue weighted by Crippen LogP contribution is 2.27. The van der Waals surface area contributed by atoms with E-state index in [1.54, 1.807) is 0 Å². The lowest BCUT2D eigenvalue weighted by Gasteiger charge is -2.05. The molecule has 1 aliphatic carbocycles. The van der Waals surface area contributed by atoms with Crippen LogP contribution in [0, 0.1) is 0 Å². The first-order valence-corrected chi connectivity index (χ1v) is 7.05. The van der Waals surface area contributed by atoms with Gasteiger partial charge in [0, 0.05) is 18.2 Å². The van der Waals surface area contributed by atoms with Gasteiger partial charge in [-0.1, -0.05) is 12.1 Å². The molecule has 0 aliphatic heterocycles. The first-order valence-electron chi connectivity index (χ1n) is 6.42. The van der Waals surface area contributed by atoms with Gasteiger partial charge in [-0.05, 0) is 48.3 Å². The molecule has 0 radical (unpaired) electrons. The van der Waals surface area contributed by atoms with Gasteiger partial charge in [-0.15, -0.1) is 0 Å². The van der Waals surface area contributed by atoms with Crippen molar-refractivity contribution in [2.45, 2.75) is 25.7 Å². The van der Waals surface area contributed by atoms with Gasteiger partial charge >= 0.3 is 0 Å². The molecule has 1 aromatic carbocycles. The molecule has 92 valence electrons. The topological polar surface area (TPSA) is 25.8 Å². The van der Waals surface area contributed by atoms with E-state index < -0.39 is 0 Å². The molecule has 1 heterocycles. The Hall–Kier alpha value is -1.35. The minimum Gasteiger partial charge on any atom is -0.241 e. The molecule has 0 saturated heterocycles. The van der Waals surface area contributed by atoms with Crippen molar-refractivity contribution in [1.82, 2.24) is 9.97 Å². The highest BCUT2D eigenvalue weighted by molar-refractivity contribution is 7.80. The largest absolute Gasteiger partial charge is 0.241 e. The highest BCUT2D eigenvalue weighted by Gasteiger charge is 2.12. The van der Waals surface area contributed by atoms with Gasteiger partial charge < -0.3 is 0 Å². The second kappa shape index (κ2) is 5.11. The zero-order valence-electron chi connectivity index (χ0n) is 10.3. The Morgan fingerprint density at radius 2 is 2.00 bits per heavy atom. The van der Waals surface area contributed by atoms with E-state index in [0.717, 1.165) is 23.7 Å². The van der Waals surface area contributed by atoms with Crippen LogP contribution in [-0.2, 0) is 19.3 Å². The SMILES string of the molecule is SCCc1nccc(-c2ccc3c(c2)CCC3)n1. The minimum atomic E-state index is 0.785. The molecule has 0 spiro atoms. The summed E-state index contributed by atoms with van der Waals surface area (Å²) in [6.45, 7) is 0. The summed E-state index contributed by atoms with van der Waals surface area (Å²) < 4.78 is 0. The average Bonchev–Trinajstić information content (AvgIpc) is 2.86. The van der Waals surface area contributed by atoms with Crippen LogP contribution in [0.4, 0.5) is 0 Å². The lowest BCUT2D eigenvalue weighted by Crippen LogP contribution is -1.97. The Morgan fingerprint density at radius 1 is 1.11 bits per heavy atom. The summed E-state index contributed by atoms with van der Waals surface area (Å²) in [6, 6.07) is 8.70. The van der Waals surface area contributed by atoms with Crippen LogP contribution in [0.25, 0.3) is 11.3 Å². The number of thiol groups is 1. The van der Waals surface area contributed by atoms with Crippen LogP contribution in [-0.4, -0.2) is 15.7 Å². The molecule has 3 heteroatoms. The van der Waals surface area contributed by atoms with Crippen molar-refractivity contribution in [2.75, 3.05) is 5.75 Å². The van der Waals surface area contributed by atoms with Crippen LogP contribution in [0.1, 0.15) is 23.4 Å². The third-order valence-corrected chi connectivity index (χ3v) is 3.66. The number of fused-ring (bicyclic) bond motifs is 1. The Kier molecular flexibility index (Phi) is 3.33. The van der Waals surface area contributed by atoms with Crippen LogP contribution in [0.2, 0.25) is 0 Å². The smallest absolute Gasteiger partial charge is 0.129 e. The van der Waals surface area contributed by atoms with Gasteiger partial charge in [-0.2, -0.15) is 12.6 Å². The molecular formula is C15H16N2S. The number of hydrogen-bond acceptors (Lipinski definition) is 3. The van der Waals surface area contributed by atoms with E-state index in [0.29, 0.717) is 0 Å². The summed E-state index contributed by atoms with van der Waals surface area (Å²) in [7, 11) is 0. The second-order valence-corrected chi connectivity index (χ2v) is 5.12. The summed E-state index contributed by atoms with van der Waals surface area (Å²) in [5, 5.41) is 0. The van der Waals surface area contributed by atoms with E-state index in [-0.39, 0.29) is 0 Å². The lowest BCUT2D eigenvalue weighted by molar-refractivity contribution is 0.911. The molecule has 0 bridgehead atoms. The van der Waals surface area contributed by atoms with Crippen LogP contribution >= 0.6 is 12.6 Å².